The molecule has 0 saturated heterocycles. The van der Waals surface area contributed by atoms with E-state index in [1.165, 1.54) is 0 Å². The van der Waals surface area contributed by atoms with Crippen molar-refractivity contribution in [3.63, 3.8) is 0 Å². The van der Waals surface area contributed by atoms with Crippen LogP contribution in [0.3, 0.4) is 0 Å². The molecule has 0 spiro atoms. The Bertz CT molecular complexity index is 614. The first kappa shape index (κ1) is 20.4. The molecular weight excluding hydrogens is 328 g/mol. The molecule has 1 aromatic rings. The van der Waals surface area contributed by atoms with Crippen molar-refractivity contribution >= 4 is 17.5 Å². The van der Waals surface area contributed by atoms with E-state index in [-0.39, 0.29) is 29.1 Å². The molecule has 2 rings (SSSR count). The molecule has 1 fully saturated rings. The van der Waals surface area contributed by atoms with Crippen LogP contribution in [0.4, 0.5) is 5.69 Å². The zero-order valence-corrected chi connectivity index (χ0v) is 16.4. The van der Waals surface area contributed by atoms with Crippen molar-refractivity contribution in [2.24, 2.45) is 11.8 Å². The number of rotatable bonds is 6. The largest absolute Gasteiger partial charge is 0.383 e. The van der Waals surface area contributed by atoms with Gasteiger partial charge in [-0.05, 0) is 42.7 Å². The van der Waals surface area contributed by atoms with Crippen molar-refractivity contribution in [3.05, 3.63) is 29.8 Å². The van der Waals surface area contributed by atoms with Gasteiger partial charge >= 0.3 is 0 Å². The van der Waals surface area contributed by atoms with Crippen LogP contribution in [-0.2, 0) is 19.7 Å². The molecule has 144 valence electrons. The van der Waals surface area contributed by atoms with Crippen LogP contribution in [0, 0.1) is 11.8 Å². The molecule has 0 aromatic heterocycles. The van der Waals surface area contributed by atoms with Gasteiger partial charge in [-0.25, -0.2) is 0 Å². The average molecular weight is 360 g/mol. The lowest BCUT2D eigenvalue weighted by Crippen LogP contribution is -2.36. The first-order chi connectivity index (χ1) is 12.3. The number of nitrogens with one attached hydrogen (secondary N) is 2. The number of ether oxygens (including phenoxy) is 1. The second-order valence-electron chi connectivity index (χ2n) is 8.12. The fraction of sp³-hybridized carbons (Fsp3) is 0.619. The molecule has 2 amide bonds. The standard InChI is InChI=1S/C21H32N2O3/c1-21(2,3)17-7-5-6-8-18(17)23-20(25)16-11-9-15(10-12-16)19(24)22-13-14-26-4/h5-8,15-16H,9-14H2,1-4H3,(H,22,24)(H,23,25). The molecule has 5 nitrogen and oxygen atoms in total. The highest BCUT2D eigenvalue weighted by Crippen LogP contribution is 2.32. The van der Waals surface area contributed by atoms with Gasteiger partial charge in [0.2, 0.25) is 11.8 Å². The van der Waals surface area contributed by atoms with Gasteiger partial charge in [0.1, 0.15) is 0 Å². The van der Waals surface area contributed by atoms with Gasteiger partial charge in [0.05, 0.1) is 6.61 Å². The fourth-order valence-corrected chi connectivity index (χ4v) is 3.52. The van der Waals surface area contributed by atoms with E-state index in [9.17, 15) is 9.59 Å². The summed E-state index contributed by atoms with van der Waals surface area (Å²) < 4.78 is 4.95. The number of para-hydroxylation sites is 1. The van der Waals surface area contributed by atoms with Gasteiger partial charge in [0, 0.05) is 31.2 Å². The van der Waals surface area contributed by atoms with E-state index in [2.05, 4.69) is 37.5 Å². The molecule has 1 saturated carbocycles. The molecule has 1 aliphatic rings. The van der Waals surface area contributed by atoms with Gasteiger partial charge in [-0.1, -0.05) is 39.0 Å². The lowest BCUT2D eigenvalue weighted by atomic mass is 9.81. The number of benzene rings is 1. The number of methoxy groups -OCH3 is 1. The third-order valence-electron chi connectivity index (χ3n) is 5.07. The molecular formula is C21H32N2O3. The van der Waals surface area contributed by atoms with Crippen LogP contribution >= 0.6 is 0 Å². The maximum atomic E-state index is 12.7. The average Bonchev–Trinajstić information content (AvgIpc) is 2.61. The van der Waals surface area contributed by atoms with Crippen molar-refractivity contribution < 1.29 is 14.3 Å². The normalized spacial score (nSPS) is 20.5. The Morgan fingerprint density at radius 2 is 1.62 bits per heavy atom. The Labute approximate surface area is 156 Å². The van der Waals surface area contributed by atoms with Gasteiger partial charge in [0.25, 0.3) is 0 Å². The summed E-state index contributed by atoms with van der Waals surface area (Å²) in [6, 6.07) is 7.99. The highest BCUT2D eigenvalue weighted by Gasteiger charge is 2.30. The summed E-state index contributed by atoms with van der Waals surface area (Å²) in [5.41, 5.74) is 2.01. The number of hydrogen-bond acceptors (Lipinski definition) is 3. The van der Waals surface area contributed by atoms with E-state index < -0.39 is 0 Å². The summed E-state index contributed by atoms with van der Waals surface area (Å²) in [6.07, 6.45) is 3.04. The van der Waals surface area contributed by atoms with Crippen molar-refractivity contribution in [3.8, 4) is 0 Å². The number of hydrogen-bond donors (Lipinski definition) is 2. The molecule has 26 heavy (non-hydrogen) atoms. The summed E-state index contributed by atoms with van der Waals surface area (Å²) in [5.74, 6) is 0.141. The molecule has 0 heterocycles. The number of carbonyl (C=O) groups excluding carboxylic acids is 2. The second kappa shape index (κ2) is 9.17. The lowest BCUT2D eigenvalue weighted by Gasteiger charge is -2.28. The van der Waals surface area contributed by atoms with Crippen LogP contribution in [0.15, 0.2) is 24.3 Å². The highest BCUT2D eigenvalue weighted by atomic mass is 16.5. The monoisotopic (exact) mass is 360 g/mol. The zero-order chi connectivity index (χ0) is 19.2. The van der Waals surface area contributed by atoms with Crippen molar-refractivity contribution in [1.29, 1.82) is 0 Å². The topological polar surface area (TPSA) is 67.4 Å². The third-order valence-corrected chi connectivity index (χ3v) is 5.07. The fourth-order valence-electron chi connectivity index (χ4n) is 3.52. The summed E-state index contributed by atoms with van der Waals surface area (Å²) in [5, 5.41) is 6.01. The van der Waals surface area contributed by atoms with Crippen LogP contribution in [0.1, 0.15) is 52.0 Å². The quantitative estimate of drug-likeness (QED) is 0.763. The van der Waals surface area contributed by atoms with Gasteiger partial charge in [-0.2, -0.15) is 0 Å². The van der Waals surface area contributed by atoms with Gasteiger partial charge in [0.15, 0.2) is 0 Å². The summed E-state index contributed by atoms with van der Waals surface area (Å²) in [7, 11) is 1.62. The lowest BCUT2D eigenvalue weighted by molar-refractivity contribution is -0.128. The minimum Gasteiger partial charge on any atom is -0.383 e. The van der Waals surface area contributed by atoms with Crippen LogP contribution in [0.5, 0.6) is 0 Å². The molecule has 1 aromatic carbocycles. The Morgan fingerprint density at radius 1 is 1.04 bits per heavy atom. The smallest absolute Gasteiger partial charge is 0.227 e. The second-order valence-corrected chi connectivity index (χ2v) is 8.12. The van der Waals surface area contributed by atoms with Crippen LogP contribution in [0.2, 0.25) is 0 Å². The van der Waals surface area contributed by atoms with E-state index in [0.717, 1.165) is 36.9 Å². The Kier molecular flexibility index (Phi) is 7.21. The molecule has 0 bridgehead atoms. The number of carbonyl (C=O) groups is 2. The molecule has 1 aliphatic carbocycles. The SMILES string of the molecule is COCCNC(=O)C1CCC(C(=O)Nc2ccccc2C(C)(C)C)CC1. The number of amides is 2. The summed E-state index contributed by atoms with van der Waals surface area (Å²) in [6.45, 7) is 7.50. The van der Waals surface area contributed by atoms with Gasteiger partial charge in [-0.3, -0.25) is 9.59 Å². The molecule has 0 unspecified atom stereocenters. The first-order valence-electron chi connectivity index (χ1n) is 9.50. The van der Waals surface area contributed by atoms with Gasteiger partial charge in [-0.15, -0.1) is 0 Å². The predicted molar refractivity (Wildman–Crippen MR) is 104 cm³/mol. The summed E-state index contributed by atoms with van der Waals surface area (Å²) in [4.78, 5) is 24.8. The maximum Gasteiger partial charge on any atom is 0.227 e. The molecule has 0 radical (unpaired) electrons. The van der Waals surface area contributed by atoms with Crippen molar-refractivity contribution in [2.45, 2.75) is 51.9 Å². The van der Waals surface area contributed by atoms with Crippen molar-refractivity contribution in [2.75, 3.05) is 25.6 Å². The zero-order valence-electron chi connectivity index (χ0n) is 16.4. The Balaban J connectivity index is 1.89. The Hall–Kier alpha value is -1.88. The predicted octanol–water partition coefficient (Wildman–Crippen LogP) is 3.49. The molecule has 0 aliphatic heterocycles. The maximum absolute atomic E-state index is 12.7. The van der Waals surface area contributed by atoms with E-state index >= 15 is 0 Å². The van der Waals surface area contributed by atoms with Gasteiger partial charge < -0.3 is 15.4 Å². The van der Waals surface area contributed by atoms with E-state index in [1.54, 1.807) is 7.11 Å². The van der Waals surface area contributed by atoms with Crippen LogP contribution in [0.25, 0.3) is 0 Å². The van der Waals surface area contributed by atoms with Crippen molar-refractivity contribution in [1.82, 2.24) is 5.32 Å². The molecule has 2 N–H and O–H groups in total. The van der Waals surface area contributed by atoms with Crippen LogP contribution < -0.4 is 10.6 Å². The third kappa shape index (κ3) is 5.56. The molecule has 5 heteroatoms. The minimum absolute atomic E-state index is 0.0118. The van der Waals surface area contributed by atoms with E-state index in [0.29, 0.717) is 13.2 Å². The number of anilines is 1. The summed E-state index contributed by atoms with van der Waals surface area (Å²) >= 11 is 0. The first-order valence-corrected chi connectivity index (χ1v) is 9.50. The van der Waals surface area contributed by atoms with E-state index in [4.69, 9.17) is 4.74 Å². The van der Waals surface area contributed by atoms with Crippen LogP contribution in [-0.4, -0.2) is 32.1 Å². The highest BCUT2D eigenvalue weighted by molar-refractivity contribution is 5.93. The molecule has 0 atom stereocenters. The minimum atomic E-state index is -0.0260. The Morgan fingerprint density at radius 3 is 2.19 bits per heavy atom. The van der Waals surface area contributed by atoms with E-state index in [1.807, 2.05) is 18.2 Å².